The summed E-state index contributed by atoms with van der Waals surface area (Å²) < 4.78 is 20.2. The number of rotatable bonds is 5. The smallest absolute Gasteiger partial charge is 0.227 e. The first-order valence-electron chi connectivity index (χ1n) is 6.60. The van der Waals surface area contributed by atoms with Gasteiger partial charge in [-0.2, -0.15) is 0 Å². The molecule has 0 amide bonds. The molecular weight excluding hydrogens is 340 g/mol. The first-order valence-corrected chi connectivity index (χ1v) is 8.50. The third-order valence-electron chi connectivity index (χ3n) is 2.98. The first-order chi connectivity index (χ1) is 9.22. The third-order valence-corrected chi connectivity index (χ3v) is 5.60. The summed E-state index contributed by atoms with van der Waals surface area (Å²) >= 11 is 3.44. The Labute approximate surface area is 132 Å². The zero-order valence-electron chi connectivity index (χ0n) is 12.9. The van der Waals surface area contributed by atoms with Gasteiger partial charge in [0.2, 0.25) is 5.88 Å². The van der Waals surface area contributed by atoms with Crippen LogP contribution in [-0.2, 0) is 11.0 Å². The van der Waals surface area contributed by atoms with E-state index in [-0.39, 0.29) is 10.8 Å². The molecule has 0 aromatic carbocycles. The Morgan fingerprint density at radius 1 is 1.50 bits per heavy atom. The summed E-state index contributed by atoms with van der Waals surface area (Å²) in [5.41, 5.74) is 1.01. The van der Waals surface area contributed by atoms with Gasteiger partial charge in [-0.05, 0) is 55.3 Å². The highest BCUT2D eigenvalue weighted by molar-refractivity contribution is 9.10. The Balaban J connectivity index is 3.05. The Hall–Kier alpha value is -0.460. The van der Waals surface area contributed by atoms with Crippen molar-refractivity contribution in [2.45, 2.75) is 45.4 Å². The van der Waals surface area contributed by atoms with Crippen LogP contribution in [-0.4, -0.2) is 31.9 Å². The second-order valence-electron chi connectivity index (χ2n) is 5.53. The van der Waals surface area contributed by atoms with Crippen molar-refractivity contribution in [2.75, 3.05) is 13.7 Å². The average molecular weight is 363 g/mol. The quantitative estimate of drug-likeness (QED) is 0.801. The van der Waals surface area contributed by atoms with Gasteiger partial charge < -0.3 is 4.74 Å². The summed E-state index contributed by atoms with van der Waals surface area (Å²) in [6.45, 7) is 10.7. The minimum atomic E-state index is -1.06. The normalized spacial score (nSPS) is 15.2. The molecule has 1 rings (SSSR count). The predicted octanol–water partition coefficient (Wildman–Crippen LogP) is 3.70. The molecule has 0 saturated carbocycles. The van der Waals surface area contributed by atoms with Crippen LogP contribution in [0.25, 0.3) is 0 Å². The van der Waals surface area contributed by atoms with E-state index in [9.17, 15) is 4.21 Å². The van der Waals surface area contributed by atoms with Crippen molar-refractivity contribution in [2.24, 2.45) is 0 Å². The van der Waals surface area contributed by atoms with Crippen LogP contribution in [0.5, 0.6) is 5.88 Å². The van der Waals surface area contributed by atoms with Gasteiger partial charge in [0.15, 0.2) is 0 Å². The van der Waals surface area contributed by atoms with Gasteiger partial charge in [0.25, 0.3) is 0 Å². The standard InChI is InChI=1S/C14H23BrN2O2S/c1-7-17(20(18)14(3,4)5)10(2)11-8-12(15)13(19-6)16-9-11/h8-10H,7H2,1-6H3/t10-,20+/m1/s1. The maximum atomic E-state index is 12.6. The van der Waals surface area contributed by atoms with Crippen LogP contribution in [0.1, 0.15) is 46.2 Å². The van der Waals surface area contributed by atoms with Crippen molar-refractivity contribution < 1.29 is 8.95 Å². The molecule has 1 aromatic rings. The molecule has 0 spiro atoms. The molecular formula is C14H23BrN2O2S. The van der Waals surface area contributed by atoms with E-state index in [0.717, 1.165) is 10.0 Å². The van der Waals surface area contributed by atoms with Gasteiger partial charge in [0.05, 0.1) is 16.3 Å². The molecule has 4 nitrogen and oxygen atoms in total. The molecule has 1 aromatic heterocycles. The lowest BCUT2D eigenvalue weighted by Crippen LogP contribution is -2.39. The van der Waals surface area contributed by atoms with Crippen LogP contribution in [0.3, 0.4) is 0 Å². The molecule has 114 valence electrons. The molecule has 0 saturated heterocycles. The molecule has 20 heavy (non-hydrogen) atoms. The van der Waals surface area contributed by atoms with Crippen LogP contribution in [0.4, 0.5) is 0 Å². The summed E-state index contributed by atoms with van der Waals surface area (Å²) in [5, 5.41) is 0. The Kier molecular flexibility index (Phi) is 6.16. The van der Waals surface area contributed by atoms with E-state index in [1.165, 1.54) is 0 Å². The number of pyridine rings is 1. The van der Waals surface area contributed by atoms with Gasteiger partial charge in [-0.1, -0.05) is 6.92 Å². The van der Waals surface area contributed by atoms with Crippen LogP contribution in [0, 0.1) is 0 Å². The number of hydrogen-bond acceptors (Lipinski definition) is 3. The second kappa shape index (κ2) is 7.00. The lowest BCUT2D eigenvalue weighted by molar-refractivity contribution is 0.368. The lowest BCUT2D eigenvalue weighted by atomic mass is 10.1. The summed E-state index contributed by atoms with van der Waals surface area (Å²) in [4.78, 5) is 4.26. The minimum Gasteiger partial charge on any atom is -0.480 e. The topological polar surface area (TPSA) is 42.4 Å². The van der Waals surface area contributed by atoms with E-state index in [2.05, 4.69) is 20.9 Å². The number of halogens is 1. The average Bonchev–Trinajstić information content (AvgIpc) is 2.38. The molecule has 0 bridgehead atoms. The van der Waals surface area contributed by atoms with E-state index in [1.807, 2.05) is 45.0 Å². The Morgan fingerprint density at radius 3 is 2.50 bits per heavy atom. The van der Waals surface area contributed by atoms with Gasteiger partial charge in [-0.15, -0.1) is 0 Å². The van der Waals surface area contributed by atoms with Gasteiger partial charge in [0.1, 0.15) is 11.0 Å². The maximum Gasteiger partial charge on any atom is 0.227 e. The summed E-state index contributed by atoms with van der Waals surface area (Å²) in [6, 6.07) is 1.99. The summed E-state index contributed by atoms with van der Waals surface area (Å²) in [6.07, 6.45) is 1.77. The second-order valence-corrected chi connectivity index (χ2v) is 8.58. The molecule has 6 heteroatoms. The van der Waals surface area contributed by atoms with E-state index in [1.54, 1.807) is 13.3 Å². The van der Waals surface area contributed by atoms with Crippen molar-refractivity contribution in [3.05, 3.63) is 22.3 Å². The fraction of sp³-hybridized carbons (Fsp3) is 0.643. The van der Waals surface area contributed by atoms with Crippen molar-refractivity contribution in [1.29, 1.82) is 0 Å². The van der Waals surface area contributed by atoms with Crippen LogP contribution < -0.4 is 4.74 Å². The SMILES string of the molecule is CCN([C@H](C)c1cnc(OC)c(Br)c1)[S@@](=O)C(C)(C)C. The van der Waals surface area contributed by atoms with E-state index >= 15 is 0 Å². The van der Waals surface area contributed by atoms with Crippen molar-refractivity contribution in [3.63, 3.8) is 0 Å². The molecule has 0 radical (unpaired) electrons. The van der Waals surface area contributed by atoms with Crippen molar-refractivity contribution >= 4 is 26.9 Å². The van der Waals surface area contributed by atoms with Crippen molar-refractivity contribution in [3.8, 4) is 5.88 Å². The van der Waals surface area contributed by atoms with Crippen LogP contribution >= 0.6 is 15.9 Å². The minimum absolute atomic E-state index is 0.0229. The maximum absolute atomic E-state index is 12.6. The van der Waals surface area contributed by atoms with Gasteiger partial charge in [0, 0.05) is 18.8 Å². The number of ether oxygens (including phenoxy) is 1. The lowest BCUT2D eigenvalue weighted by Gasteiger charge is -2.32. The summed E-state index contributed by atoms with van der Waals surface area (Å²) in [5.74, 6) is 0.556. The molecule has 0 aliphatic rings. The van der Waals surface area contributed by atoms with Gasteiger partial charge in [-0.25, -0.2) is 13.5 Å². The largest absolute Gasteiger partial charge is 0.480 e. The fourth-order valence-corrected chi connectivity index (χ4v) is 3.75. The van der Waals surface area contributed by atoms with E-state index in [4.69, 9.17) is 4.74 Å². The van der Waals surface area contributed by atoms with Gasteiger partial charge >= 0.3 is 0 Å². The molecule has 0 N–H and O–H groups in total. The predicted molar refractivity (Wildman–Crippen MR) is 87.2 cm³/mol. The van der Waals surface area contributed by atoms with E-state index < -0.39 is 11.0 Å². The number of hydrogen-bond donors (Lipinski definition) is 0. The van der Waals surface area contributed by atoms with Crippen molar-refractivity contribution in [1.82, 2.24) is 9.29 Å². The van der Waals surface area contributed by atoms with Gasteiger partial charge in [-0.3, -0.25) is 0 Å². The first kappa shape index (κ1) is 17.6. The van der Waals surface area contributed by atoms with E-state index in [0.29, 0.717) is 12.4 Å². The molecule has 0 fully saturated rings. The molecule has 0 unspecified atom stereocenters. The molecule has 0 aliphatic carbocycles. The molecule has 2 atom stereocenters. The molecule has 0 aliphatic heterocycles. The number of methoxy groups -OCH3 is 1. The summed E-state index contributed by atoms with van der Waals surface area (Å²) in [7, 11) is 0.526. The Bertz CT molecular complexity index is 489. The molecule has 1 heterocycles. The zero-order chi connectivity index (χ0) is 15.5. The highest BCUT2D eigenvalue weighted by atomic mass is 79.9. The number of aromatic nitrogens is 1. The number of nitrogens with zero attached hydrogens (tertiary/aromatic N) is 2. The van der Waals surface area contributed by atoms with Crippen LogP contribution in [0.15, 0.2) is 16.7 Å². The Morgan fingerprint density at radius 2 is 2.10 bits per heavy atom. The monoisotopic (exact) mass is 362 g/mol. The highest BCUT2D eigenvalue weighted by Crippen LogP contribution is 2.30. The van der Waals surface area contributed by atoms with Crippen LogP contribution in [0.2, 0.25) is 0 Å². The fourth-order valence-electron chi connectivity index (χ4n) is 1.87. The third kappa shape index (κ3) is 4.02. The zero-order valence-corrected chi connectivity index (χ0v) is 15.3. The highest BCUT2D eigenvalue weighted by Gasteiger charge is 2.29.